The van der Waals surface area contributed by atoms with Crippen LogP contribution in [0.2, 0.25) is 0 Å². The van der Waals surface area contributed by atoms with Crippen LogP contribution >= 0.6 is 0 Å². The van der Waals surface area contributed by atoms with E-state index < -0.39 is 0 Å². The Balaban J connectivity index is 1.46. The summed E-state index contributed by atoms with van der Waals surface area (Å²) in [5, 5.41) is 1.28. The number of para-hydroxylation sites is 1. The van der Waals surface area contributed by atoms with Crippen LogP contribution in [-0.2, 0) is 11.3 Å². The predicted molar refractivity (Wildman–Crippen MR) is 148 cm³/mol. The lowest BCUT2D eigenvalue weighted by Crippen LogP contribution is -2.27. The summed E-state index contributed by atoms with van der Waals surface area (Å²) in [5.41, 5.74) is 9.84. The lowest BCUT2D eigenvalue weighted by atomic mass is 9.80. The smallest absolute Gasteiger partial charge is 0.134 e. The third-order valence-corrected chi connectivity index (χ3v) is 8.71. The van der Waals surface area contributed by atoms with Gasteiger partial charge in [0.25, 0.3) is 0 Å². The summed E-state index contributed by atoms with van der Waals surface area (Å²) in [6, 6.07) is 17.4. The molecule has 2 aliphatic carbocycles. The molecule has 1 aromatic heterocycles. The largest absolute Gasteiger partial charge is 0.497 e. The van der Waals surface area contributed by atoms with Crippen LogP contribution in [0.5, 0.6) is 5.75 Å². The van der Waals surface area contributed by atoms with Crippen LogP contribution in [0.3, 0.4) is 0 Å². The molecule has 2 aromatic carbocycles. The predicted octanol–water partition coefficient (Wildman–Crippen LogP) is 7.23. The Morgan fingerprint density at radius 2 is 1.75 bits per heavy atom. The Kier molecular flexibility index (Phi) is 8.11. The first-order chi connectivity index (χ1) is 17.6. The Labute approximate surface area is 216 Å². The molecule has 0 bridgehead atoms. The third-order valence-electron chi connectivity index (χ3n) is 8.71. The van der Waals surface area contributed by atoms with Gasteiger partial charge in [0, 0.05) is 48.4 Å². The van der Waals surface area contributed by atoms with E-state index in [2.05, 4.69) is 53.2 Å². The average molecular weight is 487 g/mol. The van der Waals surface area contributed by atoms with Gasteiger partial charge in [-0.3, -0.25) is 4.79 Å². The lowest BCUT2D eigenvalue weighted by Gasteiger charge is -2.26. The van der Waals surface area contributed by atoms with E-state index in [4.69, 9.17) is 10.5 Å². The number of methoxy groups -OCH3 is 1. The van der Waals surface area contributed by atoms with Crippen molar-refractivity contribution in [3.63, 3.8) is 0 Å². The summed E-state index contributed by atoms with van der Waals surface area (Å²) >= 11 is 0. The number of fused-ring (bicyclic) bond motifs is 1. The van der Waals surface area contributed by atoms with Crippen LogP contribution in [0.4, 0.5) is 0 Å². The molecule has 0 radical (unpaired) electrons. The second-order valence-electron chi connectivity index (χ2n) is 11.3. The van der Waals surface area contributed by atoms with Gasteiger partial charge in [0.15, 0.2) is 0 Å². The van der Waals surface area contributed by atoms with E-state index >= 15 is 0 Å². The molecule has 3 aromatic rings. The van der Waals surface area contributed by atoms with Gasteiger partial charge in [-0.25, -0.2) is 0 Å². The number of nitrogens with two attached hydrogens (primary N) is 1. The molecule has 1 atom stereocenters. The number of nitrogens with zero attached hydrogens (tertiary/aromatic N) is 1. The molecule has 2 fully saturated rings. The van der Waals surface area contributed by atoms with E-state index in [1.54, 1.807) is 7.11 Å². The summed E-state index contributed by atoms with van der Waals surface area (Å²) < 4.78 is 8.04. The maximum absolute atomic E-state index is 13.5. The standard InChI is InChI=1S/C32H42N2O2/c1-36-28-11-7-10-25(19-28)30(20-27(35)18-23-14-16-26(33)17-15-23)31-22-34(21-24-8-3-2-4-9-24)32-13-6-5-12-29(31)32/h5-7,10-13,19,22-24,26,30H,2-4,8-9,14-18,20-21,33H2,1H3. The fraction of sp³-hybridized carbons (Fsp3) is 0.531. The highest BCUT2D eigenvalue weighted by atomic mass is 16.5. The highest BCUT2D eigenvalue weighted by Gasteiger charge is 2.27. The molecule has 2 saturated carbocycles. The van der Waals surface area contributed by atoms with E-state index in [1.165, 1.54) is 48.6 Å². The second-order valence-corrected chi connectivity index (χ2v) is 11.3. The number of hydrogen-bond acceptors (Lipinski definition) is 3. The zero-order chi connectivity index (χ0) is 24.9. The molecule has 192 valence electrons. The molecule has 4 nitrogen and oxygen atoms in total. The number of carbonyl (C=O) groups excluding carboxylic acids is 1. The topological polar surface area (TPSA) is 57.2 Å². The van der Waals surface area contributed by atoms with Gasteiger partial charge < -0.3 is 15.0 Å². The van der Waals surface area contributed by atoms with Crippen molar-refractivity contribution in [2.45, 2.75) is 89.1 Å². The Hall–Kier alpha value is -2.59. The van der Waals surface area contributed by atoms with Gasteiger partial charge in [0.2, 0.25) is 0 Å². The Bertz CT molecular complexity index is 1150. The molecule has 36 heavy (non-hydrogen) atoms. The third kappa shape index (κ3) is 5.86. The van der Waals surface area contributed by atoms with Crippen molar-refractivity contribution in [1.82, 2.24) is 4.57 Å². The molecule has 1 heterocycles. The van der Waals surface area contributed by atoms with Gasteiger partial charge in [-0.15, -0.1) is 0 Å². The zero-order valence-electron chi connectivity index (χ0n) is 21.8. The van der Waals surface area contributed by atoms with Gasteiger partial charge in [-0.05, 0) is 79.7 Å². The second kappa shape index (κ2) is 11.6. The van der Waals surface area contributed by atoms with Crippen molar-refractivity contribution in [3.05, 3.63) is 65.9 Å². The number of benzene rings is 2. The maximum Gasteiger partial charge on any atom is 0.134 e. The van der Waals surface area contributed by atoms with Crippen LogP contribution in [-0.4, -0.2) is 23.5 Å². The molecule has 0 spiro atoms. The minimum atomic E-state index is 0.0240. The van der Waals surface area contributed by atoms with Crippen molar-refractivity contribution >= 4 is 16.7 Å². The Morgan fingerprint density at radius 3 is 2.53 bits per heavy atom. The fourth-order valence-corrected chi connectivity index (χ4v) is 6.64. The minimum Gasteiger partial charge on any atom is -0.497 e. The summed E-state index contributed by atoms with van der Waals surface area (Å²) in [4.78, 5) is 13.5. The van der Waals surface area contributed by atoms with Crippen LogP contribution in [0.1, 0.15) is 87.7 Å². The van der Waals surface area contributed by atoms with Crippen molar-refractivity contribution in [2.24, 2.45) is 17.6 Å². The number of Topliss-reactive ketones (excluding diaryl/α,β-unsaturated/α-hetero) is 1. The highest BCUT2D eigenvalue weighted by molar-refractivity contribution is 5.87. The fourth-order valence-electron chi connectivity index (χ4n) is 6.64. The molecule has 0 saturated heterocycles. The molecule has 0 aliphatic heterocycles. The molecule has 2 aliphatic rings. The molecule has 0 amide bonds. The SMILES string of the molecule is COc1cccc(C(CC(=O)CC2CCC(N)CC2)c2cn(CC3CCCCC3)c3ccccc23)c1. The van der Waals surface area contributed by atoms with Gasteiger partial charge >= 0.3 is 0 Å². The maximum atomic E-state index is 13.5. The molecule has 1 unspecified atom stereocenters. The number of rotatable bonds is 9. The van der Waals surface area contributed by atoms with Crippen molar-refractivity contribution < 1.29 is 9.53 Å². The lowest BCUT2D eigenvalue weighted by molar-refractivity contribution is -0.120. The van der Waals surface area contributed by atoms with E-state index in [-0.39, 0.29) is 5.92 Å². The van der Waals surface area contributed by atoms with Crippen molar-refractivity contribution in [2.75, 3.05) is 7.11 Å². The minimum absolute atomic E-state index is 0.0240. The van der Waals surface area contributed by atoms with E-state index in [1.807, 2.05) is 6.07 Å². The normalized spacial score (nSPS) is 21.9. The molecular formula is C32H42N2O2. The van der Waals surface area contributed by atoms with Gasteiger partial charge in [-0.2, -0.15) is 0 Å². The summed E-state index contributed by atoms with van der Waals surface area (Å²) in [6.45, 7) is 1.07. The molecule has 5 rings (SSSR count). The number of ether oxygens (including phenoxy) is 1. The van der Waals surface area contributed by atoms with E-state index in [0.29, 0.717) is 30.6 Å². The number of carbonyl (C=O) groups is 1. The average Bonchev–Trinajstić information content (AvgIpc) is 3.27. The van der Waals surface area contributed by atoms with Gasteiger partial charge in [0.1, 0.15) is 11.5 Å². The van der Waals surface area contributed by atoms with Crippen LogP contribution < -0.4 is 10.5 Å². The summed E-state index contributed by atoms with van der Waals surface area (Å²) in [6.07, 6.45) is 14.5. The molecule has 2 N–H and O–H groups in total. The van der Waals surface area contributed by atoms with Crippen LogP contribution in [0.15, 0.2) is 54.7 Å². The summed E-state index contributed by atoms with van der Waals surface area (Å²) in [5.74, 6) is 2.47. The van der Waals surface area contributed by atoms with Crippen molar-refractivity contribution in [1.29, 1.82) is 0 Å². The number of ketones is 1. The van der Waals surface area contributed by atoms with Gasteiger partial charge in [-0.1, -0.05) is 49.6 Å². The number of aromatic nitrogens is 1. The first kappa shape index (κ1) is 25.1. The Morgan fingerprint density at radius 1 is 0.972 bits per heavy atom. The van der Waals surface area contributed by atoms with E-state index in [0.717, 1.165) is 49.5 Å². The van der Waals surface area contributed by atoms with Crippen LogP contribution in [0, 0.1) is 11.8 Å². The zero-order valence-corrected chi connectivity index (χ0v) is 21.8. The van der Waals surface area contributed by atoms with E-state index in [9.17, 15) is 4.79 Å². The highest BCUT2D eigenvalue weighted by Crippen LogP contribution is 2.38. The summed E-state index contributed by atoms with van der Waals surface area (Å²) in [7, 11) is 1.71. The van der Waals surface area contributed by atoms with Gasteiger partial charge in [0.05, 0.1) is 7.11 Å². The first-order valence-electron chi connectivity index (χ1n) is 14.1. The molecular weight excluding hydrogens is 444 g/mol. The quantitative estimate of drug-likeness (QED) is 0.347. The number of hydrogen-bond donors (Lipinski definition) is 1. The van der Waals surface area contributed by atoms with Crippen molar-refractivity contribution in [3.8, 4) is 5.75 Å². The monoisotopic (exact) mass is 486 g/mol. The molecule has 4 heteroatoms. The first-order valence-corrected chi connectivity index (χ1v) is 14.1. The van der Waals surface area contributed by atoms with Crippen LogP contribution in [0.25, 0.3) is 10.9 Å².